The molecule has 5 N–H and O–H groups in total. The smallest absolute Gasteiger partial charge is 0.417 e. The molecule has 0 unspecified atom stereocenters. The largest absolute Gasteiger partial charge is 0.457 e. The summed E-state index contributed by atoms with van der Waals surface area (Å²) >= 11 is 5.59. The minimum atomic E-state index is -4.66. The zero-order valence-corrected chi connectivity index (χ0v) is 20.9. The summed E-state index contributed by atoms with van der Waals surface area (Å²) in [5.74, 6) is 0.0208. The lowest BCUT2D eigenvalue weighted by Crippen LogP contribution is -2.24. The number of alkyl halides is 3. The third-order valence-electron chi connectivity index (χ3n) is 5.06. The third kappa shape index (κ3) is 9.47. The summed E-state index contributed by atoms with van der Waals surface area (Å²) in [6.45, 7) is 0.137. The number of aromatic nitrogens is 1. The highest BCUT2D eigenvalue weighted by Crippen LogP contribution is 2.36. The molecular weight excluding hydrogens is 543 g/mol. The fourth-order valence-electron chi connectivity index (χ4n) is 3.22. The van der Waals surface area contributed by atoms with E-state index < -0.39 is 28.7 Å². The molecule has 39 heavy (non-hydrogen) atoms. The van der Waals surface area contributed by atoms with Crippen molar-refractivity contribution in [3.05, 3.63) is 77.1 Å². The Bertz CT molecular complexity index is 1320. The summed E-state index contributed by atoms with van der Waals surface area (Å²) in [5.41, 5.74) is 1.25. The lowest BCUT2D eigenvalue weighted by atomic mass is 10.2. The monoisotopic (exact) mass is 565 g/mol. The molecule has 2 aromatic carbocycles. The van der Waals surface area contributed by atoms with Crippen LogP contribution in [0.1, 0.15) is 30.5 Å². The third-order valence-corrected chi connectivity index (χ3v) is 5.39. The Hall–Kier alpha value is -4.36. The van der Waals surface area contributed by atoms with E-state index in [0.717, 1.165) is 12.1 Å². The topological polar surface area (TPSA) is 142 Å². The van der Waals surface area contributed by atoms with Crippen LogP contribution in [-0.4, -0.2) is 28.0 Å². The predicted molar refractivity (Wildman–Crippen MR) is 135 cm³/mol. The van der Waals surface area contributed by atoms with Gasteiger partial charge in [0.25, 0.3) is 0 Å². The first kappa shape index (κ1) is 29.2. The van der Waals surface area contributed by atoms with Crippen molar-refractivity contribution in [3.8, 4) is 11.5 Å². The maximum atomic E-state index is 13.0. The number of urea groups is 1. The molecular formula is C25H23ClF3N5O5. The number of halogens is 4. The van der Waals surface area contributed by atoms with Crippen molar-refractivity contribution in [1.29, 1.82) is 0 Å². The van der Waals surface area contributed by atoms with Crippen LogP contribution in [0.4, 0.5) is 29.3 Å². The number of carbonyl (C=O) groups is 3. The van der Waals surface area contributed by atoms with Gasteiger partial charge in [-0.1, -0.05) is 11.6 Å². The molecule has 0 radical (unpaired) electrons. The van der Waals surface area contributed by atoms with Crippen LogP contribution in [-0.2, 0) is 22.3 Å². The Morgan fingerprint density at radius 1 is 0.897 bits per heavy atom. The molecule has 1 aromatic heterocycles. The number of hydrogen-bond donors (Lipinski definition) is 5. The van der Waals surface area contributed by atoms with E-state index in [0.29, 0.717) is 22.9 Å². The number of rotatable bonds is 10. The molecule has 4 amide bonds. The lowest BCUT2D eigenvalue weighted by Gasteiger charge is -2.13. The highest BCUT2D eigenvalue weighted by atomic mass is 35.5. The standard InChI is InChI=1S/C25H23ClF3N5O5/c26-21-9-6-16(13-20(21)25(27,28)29)33-24(37)32-15-4-7-18(8-5-15)39-19-10-11-30-17(12-19)14-31-22(35)2-1-3-23(36)34-38/h4-13,38H,1-3,14H2,(H,31,35)(H,34,36)(H2,32,33,37). The van der Waals surface area contributed by atoms with Crippen molar-refractivity contribution >= 4 is 40.8 Å². The van der Waals surface area contributed by atoms with Crippen LogP contribution in [0.15, 0.2) is 60.8 Å². The molecule has 0 aliphatic rings. The van der Waals surface area contributed by atoms with Crippen LogP contribution in [0.5, 0.6) is 11.5 Å². The maximum Gasteiger partial charge on any atom is 0.417 e. The van der Waals surface area contributed by atoms with E-state index >= 15 is 0 Å². The highest BCUT2D eigenvalue weighted by molar-refractivity contribution is 6.31. The number of hydrogen-bond acceptors (Lipinski definition) is 6. The zero-order chi connectivity index (χ0) is 28.4. The SMILES string of the molecule is O=C(CCCC(=O)NCc1cc(Oc2ccc(NC(=O)Nc3ccc(Cl)c(C(F)(F)F)c3)cc2)ccn1)NO. The Morgan fingerprint density at radius 3 is 2.26 bits per heavy atom. The van der Waals surface area contributed by atoms with Crippen LogP contribution in [0.2, 0.25) is 5.02 Å². The Kier molecular flexibility index (Phi) is 10.1. The van der Waals surface area contributed by atoms with E-state index in [1.54, 1.807) is 24.3 Å². The minimum absolute atomic E-state index is 0.0234. The molecule has 10 nitrogen and oxygen atoms in total. The van der Waals surface area contributed by atoms with E-state index in [1.807, 2.05) is 0 Å². The normalized spacial score (nSPS) is 10.9. The number of pyridine rings is 1. The number of hydroxylamine groups is 1. The molecule has 3 aromatic rings. The number of anilines is 2. The van der Waals surface area contributed by atoms with Gasteiger partial charge in [0.1, 0.15) is 11.5 Å². The molecule has 0 atom stereocenters. The van der Waals surface area contributed by atoms with Gasteiger partial charge in [0.2, 0.25) is 11.8 Å². The number of ether oxygens (including phenoxy) is 1. The van der Waals surface area contributed by atoms with Crippen LogP contribution >= 0.6 is 11.6 Å². The first-order chi connectivity index (χ1) is 18.5. The molecule has 0 aliphatic heterocycles. The van der Waals surface area contributed by atoms with Crippen LogP contribution < -0.4 is 26.2 Å². The lowest BCUT2D eigenvalue weighted by molar-refractivity contribution is -0.137. The van der Waals surface area contributed by atoms with Gasteiger partial charge in [0.15, 0.2) is 0 Å². The average molecular weight is 566 g/mol. The number of carbonyl (C=O) groups excluding carboxylic acids is 3. The number of amides is 4. The first-order valence-corrected chi connectivity index (χ1v) is 11.8. The predicted octanol–water partition coefficient (Wildman–Crippen LogP) is 5.48. The molecule has 3 rings (SSSR count). The van der Waals surface area contributed by atoms with Crippen molar-refractivity contribution < 1.29 is 37.5 Å². The molecule has 0 fully saturated rings. The van der Waals surface area contributed by atoms with Crippen molar-refractivity contribution in [2.45, 2.75) is 32.0 Å². The van der Waals surface area contributed by atoms with Crippen LogP contribution in [0.25, 0.3) is 0 Å². The Morgan fingerprint density at radius 2 is 1.56 bits per heavy atom. The fraction of sp³-hybridized carbons (Fsp3) is 0.200. The molecule has 0 saturated carbocycles. The quantitative estimate of drug-likeness (QED) is 0.163. The number of nitrogens with one attached hydrogen (secondary N) is 4. The Labute approximate surface area is 225 Å². The van der Waals surface area contributed by atoms with Gasteiger partial charge in [0, 0.05) is 36.5 Å². The fourth-order valence-corrected chi connectivity index (χ4v) is 3.44. The van der Waals surface area contributed by atoms with E-state index in [2.05, 4.69) is 20.9 Å². The molecule has 14 heteroatoms. The van der Waals surface area contributed by atoms with E-state index in [1.165, 1.54) is 29.9 Å². The van der Waals surface area contributed by atoms with Gasteiger partial charge >= 0.3 is 12.2 Å². The second-order valence-corrected chi connectivity index (χ2v) is 8.45. The summed E-state index contributed by atoms with van der Waals surface area (Å²) in [7, 11) is 0. The molecule has 1 heterocycles. The molecule has 0 bridgehead atoms. The van der Waals surface area contributed by atoms with Crippen molar-refractivity contribution in [3.63, 3.8) is 0 Å². The summed E-state index contributed by atoms with van der Waals surface area (Å²) in [4.78, 5) is 39.2. The Balaban J connectivity index is 1.50. The molecule has 0 aliphatic carbocycles. The second kappa shape index (κ2) is 13.4. The van der Waals surface area contributed by atoms with E-state index in [4.69, 9.17) is 21.5 Å². The summed E-state index contributed by atoms with van der Waals surface area (Å²) in [6, 6.07) is 11.8. The van der Waals surface area contributed by atoms with Crippen LogP contribution in [0.3, 0.4) is 0 Å². The van der Waals surface area contributed by atoms with Gasteiger partial charge in [0.05, 0.1) is 22.8 Å². The second-order valence-electron chi connectivity index (χ2n) is 8.05. The molecule has 206 valence electrons. The highest BCUT2D eigenvalue weighted by Gasteiger charge is 2.33. The van der Waals surface area contributed by atoms with Gasteiger partial charge in [-0.25, -0.2) is 10.3 Å². The summed E-state index contributed by atoms with van der Waals surface area (Å²) in [6.07, 6.45) is -2.75. The van der Waals surface area contributed by atoms with E-state index in [9.17, 15) is 27.6 Å². The van der Waals surface area contributed by atoms with Gasteiger partial charge < -0.3 is 20.7 Å². The summed E-state index contributed by atoms with van der Waals surface area (Å²) in [5, 5.41) is 15.5. The van der Waals surface area contributed by atoms with Crippen LogP contribution in [0, 0.1) is 0 Å². The van der Waals surface area contributed by atoms with Crippen molar-refractivity contribution in [2.75, 3.05) is 10.6 Å². The van der Waals surface area contributed by atoms with Gasteiger partial charge in [-0.3, -0.25) is 19.8 Å². The van der Waals surface area contributed by atoms with Gasteiger partial charge in [-0.15, -0.1) is 0 Å². The molecule has 0 spiro atoms. The zero-order valence-electron chi connectivity index (χ0n) is 20.1. The average Bonchev–Trinajstić information content (AvgIpc) is 2.89. The minimum Gasteiger partial charge on any atom is -0.457 e. The first-order valence-electron chi connectivity index (χ1n) is 11.4. The van der Waals surface area contributed by atoms with E-state index in [-0.39, 0.29) is 37.4 Å². The summed E-state index contributed by atoms with van der Waals surface area (Å²) < 4.78 is 44.8. The number of nitrogens with zero attached hydrogens (tertiary/aromatic N) is 1. The van der Waals surface area contributed by atoms with Gasteiger partial charge in [-0.2, -0.15) is 13.2 Å². The number of benzene rings is 2. The van der Waals surface area contributed by atoms with Crippen molar-refractivity contribution in [1.82, 2.24) is 15.8 Å². The molecule has 0 saturated heterocycles. The maximum absolute atomic E-state index is 13.0. The van der Waals surface area contributed by atoms with Crippen molar-refractivity contribution in [2.24, 2.45) is 0 Å². The van der Waals surface area contributed by atoms with Gasteiger partial charge in [-0.05, 0) is 55.0 Å².